The molecule has 0 heterocycles. The van der Waals surface area contributed by atoms with Crippen molar-refractivity contribution in [2.24, 2.45) is 5.92 Å². The van der Waals surface area contributed by atoms with Crippen LogP contribution in [0.1, 0.15) is 38.2 Å². The lowest BCUT2D eigenvalue weighted by Gasteiger charge is -2.35. The third-order valence-corrected chi connectivity index (χ3v) is 4.14. The van der Waals surface area contributed by atoms with Crippen LogP contribution in [-0.4, -0.2) is 17.3 Å². The van der Waals surface area contributed by atoms with Gasteiger partial charge in [0.05, 0.1) is 12.1 Å². The van der Waals surface area contributed by atoms with Crippen molar-refractivity contribution in [1.29, 1.82) is 0 Å². The van der Waals surface area contributed by atoms with Gasteiger partial charge in [-0.3, -0.25) is 0 Å². The van der Waals surface area contributed by atoms with Crippen LogP contribution in [0, 0.1) is 12.8 Å². The summed E-state index contributed by atoms with van der Waals surface area (Å²) in [7, 11) is 0. The second-order valence-corrected chi connectivity index (χ2v) is 5.31. The first-order valence-corrected chi connectivity index (χ1v) is 6.66. The number of nitrogens with one attached hydrogen (secondary N) is 1. The van der Waals surface area contributed by atoms with E-state index in [1.54, 1.807) is 0 Å². The fraction of sp³-hybridized carbons (Fsp3) is 0.600. The normalized spacial score (nSPS) is 28.3. The Labute approximate surface area is 104 Å². The summed E-state index contributed by atoms with van der Waals surface area (Å²) >= 11 is 0. The molecule has 2 rings (SSSR count). The smallest absolute Gasteiger partial charge is 0.0664 e. The Balaban J connectivity index is 2.19. The zero-order valence-corrected chi connectivity index (χ0v) is 10.9. The molecule has 0 aliphatic heterocycles. The standard InChI is InChI=1S/C15H23NO/c1-3-13-7-5-9-15(13,11-17)16-14-8-4-6-12(2)10-14/h4,6,8,10,13,16-17H,3,5,7,9,11H2,1-2H3. The summed E-state index contributed by atoms with van der Waals surface area (Å²) in [6, 6.07) is 8.42. The molecule has 0 saturated heterocycles. The van der Waals surface area contributed by atoms with E-state index in [9.17, 15) is 5.11 Å². The zero-order valence-electron chi connectivity index (χ0n) is 10.9. The number of aliphatic hydroxyl groups excluding tert-OH is 1. The van der Waals surface area contributed by atoms with Crippen LogP contribution >= 0.6 is 0 Å². The highest BCUT2D eigenvalue weighted by atomic mass is 16.3. The molecule has 1 aromatic rings. The number of aryl methyl sites for hydroxylation is 1. The largest absolute Gasteiger partial charge is 0.394 e. The minimum absolute atomic E-state index is 0.0947. The number of hydrogen-bond donors (Lipinski definition) is 2. The average molecular weight is 233 g/mol. The van der Waals surface area contributed by atoms with Crippen LogP contribution in [0.5, 0.6) is 0 Å². The molecule has 0 bridgehead atoms. The van der Waals surface area contributed by atoms with Gasteiger partial charge >= 0.3 is 0 Å². The Morgan fingerprint density at radius 1 is 1.47 bits per heavy atom. The summed E-state index contributed by atoms with van der Waals surface area (Å²) in [5.41, 5.74) is 2.30. The van der Waals surface area contributed by atoms with E-state index in [4.69, 9.17) is 0 Å². The topological polar surface area (TPSA) is 32.3 Å². The highest BCUT2D eigenvalue weighted by molar-refractivity contribution is 5.48. The Morgan fingerprint density at radius 3 is 2.94 bits per heavy atom. The van der Waals surface area contributed by atoms with E-state index in [0.717, 1.165) is 18.5 Å². The van der Waals surface area contributed by atoms with Crippen molar-refractivity contribution in [3.8, 4) is 0 Å². The molecule has 1 aromatic carbocycles. The maximum atomic E-state index is 9.79. The first-order valence-electron chi connectivity index (χ1n) is 6.66. The van der Waals surface area contributed by atoms with Gasteiger partial charge in [-0.1, -0.05) is 31.9 Å². The van der Waals surface area contributed by atoms with Crippen LogP contribution in [-0.2, 0) is 0 Å². The summed E-state index contributed by atoms with van der Waals surface area (Å²) in [6.45, 7) is 4.56. The van der Waals surface area contributed by atoms with E-state index >= 15 is 0 Å². The third-order valence-electron chi connectivity index (χ3n) is 4.14. The lowest BCUT2D eigenvalue weighted by atomic mass is 9.85. The van der Waals surface area contributed by atoms with Crippen molar-refractivity contribution in [2.75, 3.05) is 11.9 Å². The van der Waals surface area contributed by atoms with Crippen LogP contribution in [0.4, 0.5) is 5.69 Å². The Hall–Kier alpha value is -1.02. The molecule has 1 aliphatic rings. The van der Waals surface area contributed by atoms with Crippen molar-refractivity contribution < 1.29 is 5.11 Å². The van der Waals surface area contributed by atoms with Gasteiger partial charge in [-0.05, 0) is 43.4 Å². The highest BCUT2D eigenvalue weighted by Gasteiger charge is 2.41. The second kappa shape index (κ2) is 5.09. The van der Waals surface area contributed by atoms with Crippen molar-refractivity contribution in [2.45, 2.75) is 45.1 Å². The van der Waals surface area contributed by atoms with Crippen molar-refractivity contribution in [1.82, 2.24) is 0 Å². The van der Waals surface area contributed by atoms with E-state index in [-0.39, 0.29) is 12.1 Å². The summed E-state index contributed by atoms with van der Waals surface area (Å²) < 4.78 is 0. The number of hydrogen-bond acceptors (Lipinski definition) is 2. The molecule has 1 aliphatic carbocycles. The second-order valence-electron chi connectivity index (χ2n) is 5.31. The summed E-state index contributed by atoms with van der Waals surface area (Å²) in [5.74, 6) is 0.591. The van der Waals surface area contributed by atoms with Crippen LogP contribution in [0.3, 0.4) is 0 Å². The van der Waals surface area contributed by atoms with Crippen molar-refractivity contribution >= 4 is 5.69 Å². The molecule has 2 heteroatoms. The molecule has 0 radical (unpaired) electrons. The van der Waals surface area contributed by atoms with Gasteiger partial charge in [0.1, 0.15) is 0 Å². The fourth-order valence-electron chi connectivity index (χ4n) is 3.16. The van der Waals surface area contributed by atoms with E-state index < -0.39 is 0 Å². The minimum Gasteiger partial charge on any atom is -0.394 e. The maximum absolute atomic E-state index is 9.79. The monoisotopic (exact) mass is 233 g/mol. The van der Waals surface area contributed by atoms with Crippen LogP contribution in [0.15, 0.2) is 24.3 Å². The Bertz CT molecular complexity index is 377. The predicted octanol–water partition coefficient (Wildman–Crippen LogP) is 3.35. The number of anilines is 1. The molecule has 0 spiro atoms. The van der Waals surface area contributed by atoms with E-state index in [0.29, 0.717) is 5.92 Å². The SMILES string of the molecule is CCC1CCCC1(CO)Nc1cccc(C)c1. The third kappa shape index (κ3) is 2.47. The van der Waals surface area contributed by atoms with Crippen LogP contribution in [0.2, 0.25) is 0 Å². The molecule has 2 atom stereocenters. The summed E-state index contributed by atoms with van der Waals surface area (Å²) in [4.78, 5) is 0. The molecule has 0 amide bonds. The first kappa shape index (κ1) is 12.4. The highest BCUT2D eigenvalue weighted by Crippen LogP contribution is 2.40. The molecule has 1 fully saturated rings. The van der Waals surface area contributed by atoms with Gasteiger partial charge in [0.2, 0.25) is 0 Å². The van der Waals surface area contributed by atoms with Gasteiger partial charge in [0, 0.05) is 5.69 Å². The molecule has 1 saturated carbocycles. The predicted molar refractivity (Wildman–Crippen MR) is 72.3 cm³/mol. The van der Waals surface area contributed by atoms with Gasteiger partial charge in [0.15, 0.2) is 0 Å². The molecular weight excluding hydrogens is 210 g/mol. The molecule has 17 heavy (non-hydrogen) atoms. The van der Waals surface area contributed by atoms with E-state index in [2.05, 4.69) is 43.4 Å². The first-order chi connectivity index (χ1) is 8.20. The van der Waals surface area contributed by atoms with Gasteiger partial charge in [-0.25, -0.2) is 0 Å². The van der Waals surface area contributed by atoms with E-state index in [1.165, 1.54) is 18.4 Å². The van der Waals surface area contributed by atoms with Crippen LogP contribution in [0.25, 0.3) is 0 Å². The average Bonchev–Trinajstić information content (AvgIpc) is 2.72. The van der Waals surface area contributed by atoms with Crippen LogP contribution < -0.4 is 5.32 Å². The molecule has 94 valence electrons. The summed E-state index contributed by atoms with van der Waals surface area (Å²) in [6.07, 6.45) is 4.67. The fourth-order valence-corrected chi connectivity index (χ4v) is 3.16. The van der Waals surface area contributed by atoms with E-state index in [1.807, 2.05) is 0 Å². The summed E-state index contributed by atoms with van der Waals surface area (Å²) in [5, 5.41) is 13.4. The molecule has 2 N–H and O–H groups in total. The number of rotatable bonds is 4. The lowest BCUT2D eigenvalue weighted by molar-refractivity contribution is 0.174. The minimum atomic E-state index is -0.0947. The molecule has 2 unspecified atom stereocenters. The number of benzene rings is 1. The number of aliphatic hydroxyl groups is 1. The molecule has 0 aromatic heterocycles. The maximum Gasteiger partial charge on any atom is 0.0664 e. The quantitative estimate of drug-likeness (QED) is 0.836. The Morgan fingerprint density at radius 2 is 2.29 bits per heavy atom. The van der Waals surface area contributed by atoms with Gasteiger partial charge in [-0.2, -0.15) is 0 Å². The Kier molecular flexibility index (Phi) is 3.72. The zero-order chi connectivity index (χ0) is 12.3. The van der Waals surface area contributed by atoms with Gasteiger partial charge in [-0.15, -0.1) is 0 Å². The molecule has 2 nitrogen and oxygen atoms in total. The molecular formula is C15H23NO. The lowest BCUT2D eigenvalue weighted by Crippen LogP contribution is -2.45. The van der Waals surface area contributed by atoms with Gasteiger partial charge < -0.3 is 10.4 Å². The van der Waals surface area contributed by atoms with Crippen molar-refractivity contribution in [3.05, 3.63) is 29.8 Å². The van der Waals surface area contributed by atoms with Crippen molar-refractivity contribution in [3.63, 3.8) is 0 Å². The van der Waals surface area contributed by atoms with Gasteiger partial charge in [0.25, 0.3) is 0 Å².